The predicted molar refractivity (Wildman–Crippen MR) is 94.8 cm³/mol. The Hall–Kier alpha value is -0.730. The van der Waals surface area contributed by atoms with E-state index in [2.05, 4.69) is 13.8 Å². The molecule has 0 aliphatic heterocycles. The van der Waals surface area contributed by atoms with Gasteiger partial charge in [0, 0.05) is 7.11 Å². The van der Waals surface area contributed by atoms with E-state index in [-0.39, 0.29) is 12.1 Å². The minimum absolute atomic E-state index is 0.0922. The van der Waals surface area contributed by atoms with Crippen LogP contribution in [0.4, 0.5) is 0 Å². The molecule has 0 saturated carbocycles. The maximum absolute atomic E-state index is 11.8. The first-order valence-corrected chi connectivity index (χ1v) is 9.01. The molecule has 0 aliphatic carbocycles. The van der Waals surface area contributed by atoms with Crippen molar-refractivity contribution in [1.82, 2.24) is 0 Å². The Balaban J connectivity index is 3.42. The second-order valence-corrected chi connectivity index (χ2v) is 6.22. The summed E-state index contributed by atoms with van der Waals surface area (Å²) < 4.78 is 31.6. The maximum Gasteiger partial charge on any atom is 0.335 e. The Labute approximate surface area is 152 Å². The molecule has 0 aliphatic rings. The molecule has 0 aromatic carbocycles. The molecular weight excluding hydrogens is 328 g/mol. The molecule has 7 heteroatoms. The molecule has 0 aromatic heterocycles. The van der Waals surface area contributed by atoms with Crippen LogP contribution in [0.25, 0.3) is 0 Å². The van der Waals surface area contributed by atoms with E-state index in [1.54, 1.807) is 14.0 Å². The van der Waals surface area contributed by atoms with Crippen molar-refractivity contribution < 1.29 is 33.2 Å². The summed E-state index contributed by atoms with van der Waals surface area (Å²) in [4.78, 5) is 11.8. The molecule has 0 amide bonds. The third-order valence-electron chi connectivity index (χ3n) is 3.22. The number of esters is 1. The summed E-state index contributed by atoms with van der Waals surface area (Å²) in [6.45, 7) is 11.7. The summed E-state index contributed by atoms with van der Waals surface area (Å²) in [6, 6.07) is 0. The molecule has 0 spiro atoms. The first kappa shape index (κ1) is 24.3. The van der Waals surface area contributed by atoms with Crippen molar-refractivity contribution >= 4 is 5.97 Å². The average Bonchev–Trinajstić information content (AvgIpc) is 2.54. The lowest BCUT2D eigenvalue weighted by Crippen LogP contribution is -2.28. The molecule has 2 atom stereocenters. The predicted octanol–water partition coefficient (Wildman–Crippen LogP) is 2.07. The summed E-state index contributed by atoms with van der Waals surface area (Å²) in [5.41, 5.74) is 0. The van der Waals surface area contributed by atoms with E-state index >= 15 is 0 Å². The highest BCUT2D eigenvalue weighted by molar-refractivity contribution is 5.74. The lowest BCUT2D eigenvalue weighted by Gasteiger charge is -2.18. The van der Waals surface area contributed by atoms with E-state index in [1.807, 2.05) is 6.92 Å². The van der Waals surface area contributed by atoms with Crippen LogP contribution in [0.3, 0.4) is 0 Å². The van der Waals surface area contributed by atoms with Crippen LogP contribution in [0.1, 0.15) is 34.1 Å². The van der Waals surface area contributed by atoms with Crippen molar-refractivity contribution in [1.29, 1.82) is 0 Å². The normalized spacial score (nSPS) is 13.8. The highest BCUT2D eigenvalue weighted by Crippen LogP contribution is 2.09. The fraction of sp³-hybridized carbons (Fsp3) is 0.944. The van der Waals surface area contributed by atoms with E-state index in [9.17, 15) is 4.79 Å². The van der Waals surface area contributed by atoms with Gasteiger partial charge in [0.1, 0.15) is 0 Å². The molecule has 150 valence electrons. The van der Waals surface area contributed by atoms with Gasteiger partial charge in [0.25, 0.3) is 0 Å². The Morgan fingerprint density at radius 3 is 1.72 bits per heavy atom. The zero-order valence-corrected chi connectivity index (χ0v) is 16.5. The van der Waals surface area contributed by atoms with Gasteiger partial charge in [0.15, 0.2) is 6.10 Å². The third-order valence-corrected chi connectivity index (χ3v) is 3.22. The number of methoxy groups -OCH3 is 1. The number of rotatable bonds is 17. The van der Waals surface area contributed by atoms with Gasteiger partial charge in [-0.25, -0.2) is 4.79 Å². The van der Waals surface area contributed by atoms with Crippen LogP contribution in [0.15, 0.2) is 0 Å². The molecule has 2 unspecified atom stereocenters. The monoisotopic (exact) mass is 364 g/mol. The molecule has 25 heavy (non-hydrogen) atoms. The molecule has 0 N–H and O–H groups in total. The summed E-state index contributed by atoms with van der Waals surface area (Å²) >= 11 is 0. The fourth-order valence-corrected chi connectivity index (χ4v) is 2.04. The van der Waals surface area contributed by atoms with Gasteiger partial charge in [-0.3, -0.25) is 0 Å². The van der Waals surface area contributed by atoms with E-state index in [0.29, 0.717) is 58.8 Å². The van der Waals surface area contributed by atoms with Crippen molar-refractivity contribution in [2.75, 3.05) is 60.0 Å². The van der Waals surface area contributed by atoms with E-state index in [0.717, 1.165) is 6.42 Å². The standard InChI is InChI=1S/C18H36O7/c1-15(2)14-16(3)25-18(19)17(4)24-13-12-23-11-10-22-9-8-21-7-6-20-5/h15-17H,6-14H2,1-5H3. The van der Waals surface area contributed by atoms with Gasteiger partial charge in [0.05, 0.1) is 59.0 Å². The number of hydrogen-bond donors (Lipinski definition) is 0. The molecule has 0 bridgehead atoms. The molecule has 7 nitrogen and oxygen atoms in total. The fourth-order valence-electron chi connectivity index (χ4n) is 2.04. The largest absolute Gasteiger partial charge is 0.461 e. The average molecular weight is 364 g/mol. The third kappa shape index (κ3) is 16.5. The highest BCUT2D eigenvalue weighted by Gasteiger charge is 2.18. The van der Waals surface area contributed by atoms with Crippen molar-refractivity contribution in [2.45, 2.75) is 46.3 Å². The second kappa shape index (κ2) is 16.7. The van der Waals surface area contributed by atoms with E-state index < -0.39 is 6.10 Å². The van der Waals surface area contributed by atoms with Gasteiger partial charge in [-0.05, 0) is 26.2 Å². The summed E-state index contributed by atoms with van der Waals surface area (Å²) in [7, 11) is 1.64. The molecule has 0 fully saturated rings. The van der Waals surface area contributed by atoms with Gasteiger partial charge < -0.3 is 28.4 Å². The molecule has 0 rings (SSSR count). The molecule has 0 saturated heterocycles. The molecule has 0 heterocycles. The minimum Gasteiger partial charge on any atom is -0.461 e. The lowest BCUT2D eigenvalue weighted by atomic mass is 10.1. The number of carbonyl (C=O) groups is 1. The van der Waals surface area contributed by atoms with Crippen molar-refractivity contribution in [3.63, 3.8) is 0 Å². The SMILES string of the molecule is COCCOCCOCCOCCOC(C)C(=O)OC(C)CC(C)C. The Bertz CT molecular complexity index is 310. The van der Waals surface area contributed by atoms with Gasteiger partial charge in [0.2, 0.25) is 0 Å². The van der Waals surface area contributed by atoms with Gasteiger partial charge in [-0.1, -0.05) is 13.8 Å². The number of ether oxygens (including phenoxy) is 6. The zero-order valence-electron chi connectivity index (χ0n) is 16.5. The smallest absolute Gasteiger partial charge is 0.335 e. The zero-order chi connectivity index (χ0) is 18.9. The van der Waals surface area contributed by atoms with Crippen LogP contribution in [-0.2, 0) is 33.2 Å². The highest BCUT2D eigenvalue weighted by atomic mass is 16.6. The van der Waals surface area contributed by atoms with E-state index in [1.165, 1.54) is 0 Å². The van der Waals surface area contributed by atoms with Crippen LogP contribution in [0.5, 0.6) is 0 Å². The lowest BCUT2D eigenvalue weighted by molar-refractivity contribution is -0.162. The maximum atomic E-state index is 11.8. The van der Waals surface area contributed by atoms with Gasteiger partial charge in [-0.15, -0.1) is 0 Å². The first-order chi connectivity index (χ1) is 12.0. The topological polar surface area (TPSA) is 72.5 Å². The van der Waals surface area contributed by atoms with Crippen molar-refractivity contribution in [3.8, 4) is 0 Å². The van der Waals surface area contributed by atoms with Crippen molar-refractivity contribution in [3.05, 3.63) is 0 Å². The summed E-state index contributed by atoms with van der Waals surface area (Å²) in [5, 5.41) is 0. The minimum atomic E-state index is -0.585. The Morgan fingerprint density at radius 1 is 0.760 bits per heavy atom. The van der Waals surface area contributed by atoms with E-state index in [4.69, 9.17) is 28.4 Å². The van der Waals surface area contributed by atoms with Crippen molar-refractivity contribution in [2.24, 2.45) is 5.92 Å². The van der Waals surface area contributed by atoms with Crippen LogP contribution in [0, 0.1) is 5.92 Å². The van der Waals surface area contributed by atoms with Gasteiger partial charge >= 0.3 is 5.97 Å². The molecule has 0 aromatic rings. The van der Waals surface area contributed by atoms with Crippen LogP contribution in [-0.4, -0.2) is 78.1 Å². The number of hydrogen-bond acceptors (Lipinski definition) is 7. The first-order valence-electron chi connectivity index (χ1n) is 9.01. The van der Waals surface area contributed by atoms with Gasteiger partial charge in [-0.2, -0.15) is 0 Å². The Kier molecular flexibility index (Phi) is 16.2. The van der Waals surface area contributed by atoms with Crippen LogP contribution in [0.2, 0.25) is 0 Å². The second-order valence-electron chi connectivity index (χ2n) is 6.22. The molecular formula is C18H36O7. The summed E-state index contributed by atoms with van der Waals surface area (Å²) in [6.07, 6.45) is 0.169. The number of carbonyl (C=O) groups excluding carboxylic acids is 1. The quantitative estimate of drug-likeness (QED) is 0.289. The van der Waals surface area contributed by atoms with Crippen LogP contribution < -0.4 is 0 Å². The van der Waals surface area contributed by atoms with Crippen LogP contribution >= 0.6 is 0 Å². The molecule has 0 radical (unpaired) electrons. The Morgan fingerprint density at radius 2 is 1.24 bits per heavy atom. The summed E-state index contributed by atoms with van der Waals surface area (Å²) in [5.74, 6) is 0.163.